The number of hydrogen-bond donors (Lipinski definition) is 1. The third kappa shape index (κ3) is 4.79. The fourth-order valence-electron chi connectivity index (χ4n) is 2.48. The number of carbonyl (C=O) groups excluding carboxylic acids is 1. The SMILES string of the molecule is CCc1cccc(CC)c1NC(=O)CSc1cc(C)nc(C)n1. The van der Waals surface area contributed by atoms with Gasteiger partial charge in [-0.05, 0) is 43.9 Å². The Morgan fingerprint density at radius 3 is 2.35 bits per heavy atom. The molecule has 1 N–H and O–H groups in total. The molecule has 0 saturated heterocycles. The first-order chi connectivity index (χ1) is 11.0. The third-order valence-corrected chi connectivity index (χ3v) is 4.47. The van der Waals surface area contributed by atoms with E-state index >= 15 is 0 Å². The standard InChI is InChI=1S/C18H23N3OS/c1-5-14-8-7-9-15(6-2)18(14)21-16(22)11-23-17-10-12(3)19-13(4)20-17/h7-10H,5-6,11H2,1-4H3,(H,21,22). The van der Waals surface area contributed by atoms with Gasteiger partial charge >= 0.3 is 0 Å². The van der Waals surface area contributed by atoms with E-state index in [0.717, 1.165) is 35.1 Å². The number of nitrogens with zero attached hydrogens (tertiary/aromatic N) is 2. The molecule has 0 aliphatic carbocycles. The molecule has 0 aliphatic rings. The van der Waals surface area contributed by atoms with Crippen LogP contribution in [-0.4, -0.2) is 21.6 Å². The molecule has 1 aromatic carbocycles. The van der Waals surface area contributed by atoms with Gasteiger partial charge in [0.05, 0.1) is 5.75 Å². The number of para-hydroxylation sites is 1. The first kappa shape index (κ1) is 17.5. The van der Waals surface area contributed by atoms with Gasteiger partial charge < -0.3 is 5.32 Å². The van der Waals surface area contributed by atoms with E-state index in [-0.39, 0.29) is 5.91 Å². The molecule has 0 saturated carbocycles. The summed E-state index contributed by atoms with van der Waals surface area (Å²) in [6.45, 7) is 8.00. The predicted octanol–water partition coefficient (Wildman–Crippen LogP) is 3.95. The van der Waals surface area contributed by atoms with Crippen LogP contribution in [0.1, 0.15) is 36.5 Å². The second kappa shape index (κ2) is 8.11. The van der Waals surface area contributed by atoms with E-state index in [4.69, 9.17) is 0 Å². The number of carbonyl (C=O) groups is 1. The van der Waals surface area contributed by atoms with Crippen LogP contribution in [0.25, 0.3) is 0 Å². The number of thioether (sulfide) groups is 1. The second-order valence-corrected chi connectivity index (χ2v) is 6.39. The van der Waals surface area contributed by atoms with Crippen LogP contribution in [0.5, 0.6) is 0 Å². The highest BCUT2D eigenvalue weighted by Gasteiger charge is 2.11. The Balaban J connectivity index is 2.05. The summed E-state index contributed by atoms with van der Waals surface area (Å²) in [6, 6.07) is 8.09. The molecule has 0 bridgehead atoms. The summed E-state index contributed by atoms with van der Waals surface area (Å²) >= 11 is 1.44. The number of benzene rings is 1. The molecule has 0 atom stereocenters. The Morgan fingerprint density at radius 1 is 1.13 bits per heavy atom. The Hall–Kier alpha value is -1.88. The monoisotopic (exact) mass is 329 g/mol. The molecule has 1 aromatic heterocycles. The molecule has 0 spiro atoms. The van der Waals surface area contributed by atoms with E-state index in [1.54, 1.807) is 0 Å². The number of aryl methyl sites for hydroxylation is 4. The Morgan fingerprint density at radius 2 is 1.78 bits per heavy atom. The van der Waals surface area contributed by atoms with Crippen LogP contribution >= 0.6 is 11.8 Å². The van der Waals surface area contributed by atoms with Crippen molar-refractivity contribution in [1.82, 2.24) is 9.97 Å². The summed E-state index contributed by atoms with van der Waals surface area (Å²) in [4.78, 5) is 20.9. The zero-order chi connectivity index (χ0) is 16.8. The van der Waals surface area contributed by atoms with E-state index < -0.39 is 0 Å². The molecule has 2 rings (SSSR count). The van der Waals surface area contributed by atoms with E-state index in [1.807, 2.05) is 19.9 Å². The second-order valence-electron chi connectivity index (χ2n) is 5.39. The van der Waals surface area contributed by atoms with Crippen molar-refractivity contribution in [2.75, 3.05) is 11.1 Å². The van der Waals surface area contributed by atoms with Crippen LogP contribution < -0.4 is 5.32 Å². The van der Waals surface area contributed by atoms with Crippen LogP contribution in [0, 0.1) is 13.8 Å². The summed E-state index contributed by atoms with van der Waals surface area (Å²) in [6.07, 6.45) is 1.81. The van der Waals surface area contributed by atoms with Crippen molar-refractivity contribution < 1.29 is 4.79 Å². The lowest BCUT2D eigenvalue weighted by Crippen LogP contribution is -2.17. The average molecular weight is 329 g/mol. The molecule has 1 amide bonds. The highest BCUT2D eigenvalue weighted by Crippen LogP contribution is 2.23. The van der Waals surface area contributed by atoms with Gasteiger partial charge in [-0.1, -0.05) is 43.8 Å². The fourth-order valence-corrected chi connectivity index (χ4v) is 3.28. The van der Waals surface area contributed by atoms with Crippen LogP contribution in [0.2, 0.25) is 0 Å². The number of hydrogen-bond acceptors (Lipinski definition) is 4. The number of anilines is 1. The van der Waals surface area contributed by atoms with Crippen molar-refractivity contribution in [2.24, 2.45) is 0 Å². The smallest absolute Gasteiger partial charge is 0.234 e. The first-order valence-electron chi connectivity index (χ1n) is 7.89. The minimum absolute atomic E-state index is 0.000446. The minimum Gasteiger partial charge on any atom is -0.325 e. The van der Waals surface area contributed by atoms with Gasteiger partial charge in [0.2, 0.25) is 5.91 Å². The zero-order valence-electron chi connectivity index (χ0n) is 14.1. The molecule has 1 heterocycles. The van der Waals surface area contributed by atoms with Crippen molar-refractivity contribution in [3.05, 3.63) is 46.9 Å². The number of aromatic nitrogens is 2. The molecule has 4 nitrogen and oxygen atoms in total. The molecular formula is C18H23N3OS. The lowest BCUT2D eigenvalue weighted by atomic mass is 10.0. The quantitative estimate of drug-likeness (QED) is 0.644. The fraction of sp³-hybridized carbons (Fsp3) is 0.389. The summed E-state index contributed by atoms with van der Waals surface area (Å²) in [7, 11) is 0. The van der Waals surface area contributed by atoms with Crippen molar-refractivity contribution in [3.63, 3.8) is 0 Å². The van der Waals surface area contributed by atoms with Crippen molar-refractivity contribution >= 4 is 23.4 Å². The largest absolute Gasteiger partial charge is 0.325 e. The summed E-state index contributed by atoms with van der Waals surface area (Å²) in [5.41, 5.74) is 4.25. The molecular weight excluding hydrogens is 306 g/mol. The van der Waals surface area contributed by atoms with Gasteiger partial charge in [-0.2, -0.15) is 0 Å². The van der Waals surface area contributed by atoms with Crippen LogP contribution in [0.15, 0.2) is 29.3 Å². The maximum atomic E-state index is 12.3. The number of amides is 1. The summed E-state index contributed by atoms with van der Waals surface area (Å²) in [5.74, 6) is 1.08. The predicted molar refractivity (Wildman–Crippen MR) is 96.1 cm³/mol. The van der Waals surface area contributed by atoms with Crippen molar-refractivity contribution in [3.8, 4) is 0 Å². The van der Waals surface area contributed by atoms with E-state index in [0.29, 0.717) is 5.75 Å². The lowest BCUT2D eigenvalue weighted by Gasteiger charge is -2.14. The Bertz CT molecular complexity index is 658. The van der Waals surface area contributed by atoms with Crippen molar-refractivity contribution in [2.45, 2.75) is 45.6 Å². The highest BCUT2D eigenvalue weighted by molar-refractivity contribution is 7.99. The molecule has 23 heavy (non-hydrogen) atoms. The van der Waals surface area contributed by atoms with E-state index in [9.17, 15) is 4.79 Å². The normalized spacial score (nSPS) is 10.6. The molecule has 2 aromatic rings. The van der Waals surface area contributed by atoms with Gasteiger partial charge in [0.15, 0.2) is 0 Å². The Kier molecular flexibility index (Phi) is 6.16. The maximum Gasteiger partial charge on any atom is 0.234 e. The first-order valence-corrected chi connectivity index (χ1v) is 8.87. The van der Waals surface area contributed by atoms with Gasteiger partial charge in [-0.15, -0.1) is 0 Å². The van der Waals surface area contributed by atoms with Crippen LogP contribution in [0.3, 0.4) is 0 Å². The highest BCUT2D eigenvalue weighted by atomic mass is 32.2. The van der Waals surface area contributed by atoms with Crippen molar-refractivity contribution in [1.29, 1.82) is 0 Å². The third-order valence-electron chi connectivity index (χ3n) is 3.56. The van der Waals surface area contributed by atoms with Gasteiger partial charge in [0.1, 0.15) is 10.9 Å². The van der Waals surface area contributed by atoms with Gasteiger partial charge in [0, 0.05) is 11.4 Å². The zero-order valence-corrected chi connectivity index (χ0v) is 15.0. The molecule has 0 unspecified atom stereocenters. The molecule has 0 aliphatic heterocycles. The maximum absolute atomic E-state index is 12.3. The van der Waals surface area contributed by atoms with Gasteiger partial charge in [-0.25, -0.2) is 9.97 Å². The Labute approximate surface area is 142 Å². The number of nitrogens with one attached hydrogen (secondary N) is 1. The average Bonchev–Trinajstić information content (AvgIpc) is 2.52. The number of rotatable bonds is 6. The molecule has 0 radical (unpaired) electrons. The molecule has 0 fully saturated rings. The van der Waals surface area contributed by atoms with Crippen LogP contribution in [-0.2, 0) is 17.6 Å². The summed E-state index contributed by atoms with van der Waals surface area (Å²) < 4.78 is 0. The van der Waals surface area contributed by atoms with Gasteiger partial charge in [0.25, 0.3) is 0 Å². The van der Waals surface area contributed by atoms with Gasteiger partial charge in [-0.3, -0.25) is 4.79 Å². The summed E-state index contributed by atoms with van der Waals surface area (Å²) in [5, 5.41) is 3.91. The van der Waals surface area contributed by atoms with E-state index in [1.165, 1.54) is 22.9 Å². The topological polar surface area (TPSA) is 54.9 Å². The molecule has 122 valence electrons. The van der Waals surface area contributed by atoms with E-state index in [2.05, 4.69) is 47.3 Å². The lowest BCUT2D eigenvalue weighted by molar-refractivity contribution is -0.113. The minimum atomic E-state index is -0.000446. The molecule has 5 heteroatoms. The van der Waals surface area contributed by atoms with Crippen LogP contribution in [0.4, 0.5) is 5.69 Å².